The van der Waals surface area contributed by atoms with Gasteiger partial charge < -0.3 is 4.74 Å². The molecule has 2 aliphatic rings. The number of rotatable bonds is 5. The van der Waals surface area contributed by atoms with Crippen LogP contribution in [0.2, 0.25) is 6.04 Å². The maximum Gasteiger partial charge on any atom is 0.0844 e. The lowest BCUT2D eigenvalue weighted by Gasteiger charge is -2.18. The molecule has 0 amide bonds. The van der Waals surface area contributed by atoms with E-state index in [0.717, 1.165) is 5.92 Å². The molecular weight excluding hydrogens is 208 g/mol. The molecule has 0 aromatic rings. The minimum absolute atomic E-state index is 0.542. The van der Waals surface area contributed by atoms with Crippen LogP contribution >= 0.6 is 0 Å². The molecule has 1 aliphatic heterocycles. The van der Waals surface area contributed by atoms with E-state index in [1.54, 1.807) is 22.2 Å². The number of fused-ring (bicyclic) bond motifs is 1. The van der Waals surface area contributed by atoms with Gasteiger partial charge in [-0.2, -0.15) is 0 Å². The Kier molecular flexibility index (Phi) is 3.83. The molecule has 0 radical (unpaired) electrons. The number of ether oxygens (including phenoxy) is 1. The first-order valence-electron chi connectivity index (χ1n) is 6.05. The predicted molar refractivity (Wildman–Crippen MR) is 67.1 cm³/mol. The van der Waals surface area contributed by atoms with Gasteiger partial charge in [0.2, 0.25) is 0 Å². The SMILES string of the molecule is [SiH3][SiH2][SiH2]CCCC1CCC2OC2C1. The predicted octanol–water partition coefficient (Wildman–Crippen LogP) is -0.715. The number of hydrogen-bond donors (Lipinski definition) is 0. The summed E-state index contributed by atoms with van der Waals surface area (Å²) < 4.78 is 5.56. The van der Waals surface area contributed by atoms with Crippen LogP contribution in [0.5, 0.6) is 0 Å². The van der Waals surface area contributed by atoms with E-state index in [1.165, 1.54) is 25.7 Å². The second-order valence-electron chi connectivity index (χ2n) is 4.74. The van der Waals surface area contributed by atoms with Crippen molar-refractivity contribution in [1.82, 2.24) is 0 Å². The standard InChI is InChI=1S/C9H22OSi3/c11-13-12-5-1-2-7-3-4-8-9(6-7)10-8/h7-9H,1-6,12-13H2,11H3. The van der Waals surface area contributed by atoms with E-state index in [0.29, 0.717) is 29.8 Å². The van der Waals surface area contributed by atoms with Crippen LogP contribution in [0.25, 0.3) is 0 Å². The van der Waals surface area contributed by atoms with Crippen molar-refractivity contribution >= 4 is 27.4 Å². The molecule has 13 heavy (non-hydrogen) atoms. The zero-order valence-corrected chi connectivity index (χ0v) is 13.6. The van der Waals surface area contributed by atoms with Gasteiger partial charge in [0.05, 0.1) is 12.2 Å². The summed E-state index contributed by atoms with van der Waals surface area (Å²) >= 11 is 0. The molecule has 2 fully saturated rings. The molecule has 76 valence electrons. The maximum atomic E-state index is 5.56. The number of hydrogen-bond acceptors (Lipinski definition) is 1. The molecule has 3 unspecified atom stereocenters. The fraction of sp³-hybridized carbons (Fsp3) is 1.00. The Morgan fingerprint density at radius 2 is 2.23 bits per heavy atom. The smallest absolute Gasteiger partial charge is 0.0844 e. The van der Waals surface area contributed by atoms with Crippen molar-refractivity contribution < 1.29 is 4.74 Å². The van der Waals surface area contributed by atoms with Crippen LogP contribution in [0.3, 0.4) is 0 Å². The topological polar surface area (TPSA) is 12.5 Å². The first-order valence-corrected chi connectivity index (χ1v) is 16.7. The van der Waals surface area contributed by atoms with Crippen molar-refractivity contribution in [3.63, 3.8) is 0 Å². The Labute approximate surface area is 88.7 Å². The first kappa shape index (κ1) is 10.1. The van der Waals surface area contributed by atoms with E-state index in [9.17, 15) is 0 Å². The molecule has 0 aromatic heterocycles. The highest BCUT2D eigenvalue weighted by Gasteiger charge is 2.43. The molecule has 2 rings (SSSR count). The van der Waals surface area contributed by atoms with Gasteiger partial charge in [-0.25, -0.2) is 0 Å². The van der Waals surface area contributed by atoms with Crippen LogP contribution in [-0.4, -0.2) is 39.6 Å². The molecule has 0 N–H and O–H groups in total. The zero-order valence-electron chi connectivity index (χ0n) is 8.80. The molecular formula is C9H22OSi3. The van der Waals surface area contributed by atoms with Crippen LogP contribution in [0.15, 0.2) is 0 Å². The molecule has 1 saturated heterocycles. The lowest BCUT2D eigenvalue weighted by molar-refractivity contribution is 0.350. The highest BCUT2D eigenvalue weighted by molar-refractivity contribution is 7.23. The van der Waals surface area contributed by atoms with Gasteiger partial charge in [-0.1, -0.05) is 18.9 Å². The average Bonchev–Trinajstić information content (AvgIpc) is 2.90. The Hall–Kier alpha value is 0.611. The summed E-state index contributed by atoms with van der Waals surface area (Å²) in [5.74, 6) is 1.05. The Morgan fingerprint density at radius 1 is 1.31 bits per heavy atom. The summed E-state index contributed by atoms with van der Waals surface area (Å²) in [6.45, 7) is 0. The van der Waals surface area contributed by atoms with Crippen LogP contribution in [-0.2, 0) is 4.74 Å². The molecule has 4 heteroatoms. The van der Waals surface area contributed by atoms with E-state index < -0.39 is 0 Å². The summed E-state index contributed by atoms with van der Waals surface area (Å²) in [6.07, 6.45) is 8.79. The van der Waals surface area contributed by atoms with Crippen LogP contribution in [0.1, 0.15) is 32.1 Å². The van der Waals surface area contributed by atoms with E-state index in [4.69, 9.17) is 4.74 Å². The molecule has 1 aliphatic carbocycles. The van der Waals surface area contributed by atoms with Crippen molar-refractivity contribution in [2.24, 2.45) is 5.92 Å². The lowest BCUT2D eigenvalue weighted by atomic mass is 9.86. The third-order valence-electron chi connectivity index (χ3n) is 3.58. The molecule has 1 saturated carbocycles. The van der Waals surface area contributed by atoms with Crippen molar-refractivity contribution in [2.45, 2.75) is 50.4 Å². The monoisotopic (exact) mass is 230 g/mol. The maximum absolute atomic E-state index is 5.56. The Morgan fingerprint density at radius 3 is 3.00 bits per heavy atom. The van der Waals surface area contributed by atoms with Gasteiger partial charge in [-0.05, 0) is 43.5 Å². The third-order valence-corrected chi connectivity index (χ3v) is 15.3. The molecule has 0 aromatic carbocycles. The first-order chi connectivity index (χ1) is 6.40. The van der Waals surface area contributed by atoms with Crippen LogP contribution in [0.4, 0.5) is 0 Å². The molecule has 1 nitrogen and oxygen atoms in total. The van der Waals surface area contributed by atoms with Crippen LogP contribution in [0, 0.1) is 5.92 Å². The van der Waals surface area contributed by atoms with Gasteiger partial charge in [-0.15, -0.1) is 0 Å². The van der Waals surface area contributed by atoms with Crippen molar-refractivity contribution in [1.29, 1.82) is 0 Å². The third kappa shape index (κ3) is 3.04. The zero-order chi connectivity index (χ0) is 9.10. The van der Waals surface area contributed by atoms with E-state index in [-0.39, 0.29) is 0 Å². The fourth-order valence-electron chi connectivity index (χ4n) is 2.61. The molecule has 3 atom stereocenters. The van der Waals surface area contributed by atoms with Crippen molar-refractivity contribution in [2.75, 3.05) is 0 Å². The highest BCUT2D eigenvalue weighted by Crippen LogP contribution is 2.40. The normalized spacial score (nSPS) is 39.2. The summed E-state index contributed by atoms with van der Waals surface area (Å²) in [5, 5.41) is 0. The average molecular weight is 231 g/mol. The van der Waals surface area contributed by atoms with Crippen molar-refractivity contribution in [3.05, 3.63) is 0 Å². The minimum Gasteiger partial charge on any atom is -0.370 e. The summed E-state index contributed by atoms with van der Waals surface area (Å²) in [6, 6.07) is 1.68. The second-order valence-corrected chi connectivity index (χ2v) is 21.3. The van der Waals surface area contributed by atoms with Gasteiger partial charge in [0.25, 0.3) is 0 Å². The summed E-state index contributed by atoms with van der Waals surface area (Å²) in [7, 11) is 2.76. The lowest BCUT2D eigenvalue weighted by Crippen LogP contribution is -2.13. The van der Waals surface area contributed by atoms with Gasteiger partial charge in [-0.3, -0.25) is 0 Å². The van der Waals surface area contributed by atoms with E-state index in [2.05, 4.69) is 0 Å². The number of epoxide rings is 1. The quantitative estimate of drug-likeness (QED) is 0.345. The van der Waals surface area contributed by atoms with Gasteiger partial charge in [0.1, 0.15) is 0 Å². The van der Waals surface area contributed by atoms with Gasteiger partial charge in [0, 0.05) is 9.04 Å². The van der Waals surface area contributed by atoms with Crippen LogP contribution < -0.4 is 0 Å². The molecule has 1 heterocycles. The Bertz CT molecular complexity index is 165. The highest BCUT2D eigenvalue weighted by atomic mass is 29.5. The van der Waals surface area contributed by atoms with E-state index in [1.807, 2.05) is 0 Å². The molecule has 0 bridgehead atoms. The summed E-state index contributed by atoms with van der Waals surface area (Å²) in [5.41, 5.74) is 0. The minimum atomic E-state index is 0.542. The van der Waals surface area contributed by atoms with Gasteiger partial charge >= 0.3 is 0 Å². The summed E-state index contributed by atoms with van der Waals surface area (Å²) in [4.78, 5) is 0. The van der Waals surface area contributed by atoms with E-state index >= 15 is 0 Å². The largest absolute Gasteiger partial charge is 0.370 e. The Balaban J connectivity index is 1.54. The second kappa shape index (κ2) is 4.91. The fourth-order valence-corrected chi connectivity index (χ4v) is 10.8. The van der Waals surface area contributed by atoms with Crippen molar-refractivity contribution in [3.8, 4) is 0 Å². The van der Waals surface area contributed by atoms with Gasteiger partial charge in [0.15, 0.2) is 0 Å². The molecule has 0 spiro atoms.